The third-order valence-electron chi connectivity index (χ3n) is 6.91. The summed E-state index contributed by atoms with van der Waals surface area (Å²) in [7, 11) is 1.73. The van der Waals surface area contributed by atoms with E-state index in [1.54, 1.807) is 23.7 Å². The minimum Gasteiger partial charge on any atom is -0.363 e. The number of amides is 2. The van der Waals surface area contributed by atoms with Crippen LogP contribution in [0.15, 0.2) is 42.6 Å². The molecule has 2 heterocycles. The number of primary amides is 1. The van der Waals surface area contributed by atoms with Gasteiger partial charge in [-0.2, -0.15) is 0 Å². The Morgan fingerprint density at radius 2 is 1.79 bits per heavy atom. The second-order valence-corrected chi connectivity index (χ2v) is 9.71. The SMILES string of the molecule is C[C@@H]1CC(Cc2ccc(F)cc2)[C@@H](C)CN1C(=O)c1cc2c(C(=O)C(N)=O)cn(C)c2cc1Cl. The highest BCUT2D eigenvalue weighted by molar-refractivity contribution is 6.44. The average Bonchev–Trinajstić information content (AvgIpc) is 3.11. The maximum absolute atomic E-state index is 13.6. The standard InChI is InChI=1S/C26H27ClFN3O3/c1-14-12-31(15(2)8-17(14)9-16-4-6-18(28)7-5-16)26(34)20-10-19-21(24(32)25(29)33)13-30(3)23(19)11-22(20)27/h4-7,10-11,13-15,17H,8-9,12H2,1-3H3,(H2,29,33)/t14-,15+,17?/m0/s1. The normalized spacial score (nSPS) is 20.5. The second kappa shape index (κ2) is 9.22. The number of fused-ring (bicyclic) bond motifs is 1. The largest absolute Gasteiger partial charge is 0.363 e. The van der Waals surface area contributed by atoms with Gasteiger partial charge in [-0.3, -0.25) is 14.4 Å². The predicted octanol–water partition coefficient (Wildman–Crippen LogP) is 4.37. The van der Waals surface area contributed by atoms with Crippen LogP contribution in [0.25, 0.3) is 10.9 Å². The van der Waals surface area contributed by atoms with E-state index < -0.39 is 11.7 Å². The minimum atomic E-state index is -1.05. The van der Waals surface area contributed by atoms with E-state index in [1.165, 1.54) is 18.3 Å². The Morgan fingerprint density at radius 3 is 2.44 bits per heavy atom. The van der Waals surface area contributed by atoms with Crippen molar-refractivity contribution in [2.45, 2.75) is 32.7 Å². The van der Waals surface area contributed by atoms with E-state index in [0.717, 1.165) is 18.4 Å². The lowest BCUT2D eigenvalue weighted by Crippen LogP contribution is -2.48. The maximum Gasteiger partial charge on any atom is 0.289 e. The summed E-state index contributed by atoms with van der Waals surface area (Å²) in [5.74, 6) is -1.74. The summed E-state index contributed by atoms with van der Waals surface area (Å²) in [6, 6.07) is 9.76. The monoisotopic (exact) mass is 483 g/mol. The van der Waals surface area contributed by atoms with E-state index in [9.17, 15) is 18.8 Å². The fraction of sp³-hybridized carbons (Fsp3) is 0.346. The molecule has 2 amide bonds. The summed E-state index contributed by atoms with van der Waals surface area (Å²) >= 11 is 6.51. The number of piperidine rings is 1. The van der Waals surface area contributed by atoms with Crippen LogP contribution in [-0.4, -0.2) is 39.7 Å². The van der Waals surface area contributed by atoms with E-state index >= 15 is 0 Å². The fourth-order valence-corrected chi connectivity index (χ4v) is 5.20. The molecule has 2 aromatic carbocycles. The molecule has 0 spiro atoms. The molecule has 4 rings (SSSR count). The number of halogens is 2. The van der Waals surface area contributed by atoms with Gasteiger partial charge in [0.25, 0.3) is 17.6 Å². The Hall–Kier alpha value is -3.19. The molecule has 8 heteroatoms. The van der Waals surface area contributed by atoms with Gasteiger partial charge < -0.3 is 15.2 Å². The first-order chi connectivity index (χ1) is 16.1. The van der Waals surface area contributed by atoms with E-state index in [-0.39, 0.29) is 39.8 Å². The molecule has 2 N–H and O–H groups in total. The van der Waals surface area contributed by atoms with E-state index in [0.29, 0.717) is 23.4 Å². The summed E-state index contributed by atoms with van der Waals surface area (Å²) in [4.78, 5) is 39.2. The first kappa shape index (κ1) is 24.0. The molecule has 1 aliphatic heterocycles. The summed E-state index contributed by atoms with van der Waals surface area (Å²) < 4.78 is 14.9. The van der Waals surface area contributed by atoms with Crippen LogP contribution in [-0.2, 0) is 18.3 Å². The van der Waals surface area contributed by atoms with Crippen LogP contribution in [0.5, 0.6) is 0 Å². The number of aromatic nitrogens is 1. The molecule has 0 bridgehead atoms. The van der Waals surface area contributed by atoms with Crippen LogP contribution in [0.1, 0.15) is 46.5 Å². The molecule has 34 heavy (non-hydrogen) atoms. The molecule has 0 saturated carbocycles. The molecular formula is C26H27ClFN3O3. The van der Waals surface area contributed by atoms with Crippen molar-refractivity contribution in [2.75, 3.05) is 6.54 Å². The number of hydrogen-bond donors (Lipinski definition) is 1. The zero-order valence-electron chi connectivity index (χ0n) is 19.3. The summed E-state index contributed by atoms with van der Waals surface area (Å²) in [6.45, 7) is 4.69. The molecule has 1 unspecified atom stereocenters. The first-order valence-corrected chi connectivity index (χ1v) is 11.6. The van der Waals surface area contributed by atoms with Gasteiger partial charge in [0.05, 0.1) is 21.7 Å². The zero-order valence-corrected chi connectivity index (χ0v) is 20.1. The number of Topliss-reactive ketones (excluding diaryl/α,β-unsaturated/α-hetero) is 1. The smallest absolute Gasteiger partial charge is 0.289 e. The first-order valence-electron chi connectivity index (χ1n) is 11.2. The second-order valence-electron chi connectivity index (χ2n) is 9.31. The van der Waals surface area contributed by atoms with Crippen LogP contribution < -0.4 is 5.73 Å². The van der Waals surface area contributed by atoms with E-state index in [4.69, 9.17) is 17.3 Å². The zero-order chi connectivity index (χ0) is 24.7. The Morgan fingerprint density at radius 1 is 1.12 bits per heavy atom. The highest BCUT2D eigenvalue weighted by atomic mass is 35.5. The lowest BCUT2D eigenvalue weighted by Gasteiger charge is -2.42. The maximum atomic E-state index is 13.6. The Labute approximate surface area is 202 Å². The Kier molecular flexibility index (Phi) is 6.49. The van der Waals surface area contributed by atoms with Gasteiger partial charge in [0.15, 0.2) is 0 Å². The highest BCUT2D eigenvalue weighted by Gasteiger charge is 2.35. The van der Waals surface area contributed by atoms with Crippen LogP contribution >= 0.6 is 11.6 Å². The van der Waals surface area contributed by atoms with Gasteiger partial charge >= 0.3 is 0 Å². The van der Waals surface area contributed by atoms with Crippen molar-refractivity contribution in [1.82, 2.24) is 9.47 Å². The summed E-state index contributed by atoms with van der Waals surface area (Å²) in [5.41, 5.74) is 7.35. The van der Waals surface area contributed by atoms with E-state index in [1.807, 2.05) is 24.0 Å². The van der Waals surface area contributed by atoms with Crippen LogP contribution in [0, 0.1) is 17.7 Å². The number of nitrogens with zero attached hydrogens (tertiary/aromatic N) is 2. The molecule has 3 atom stereocenters. The quantitative estimate of drug-likeness (QED) is 0.432. The lowest BCUT2D eigenvalue weighted by atomic mass is 9.79. The van der Waals surface area contributed by atoms with Gasteiger partial charge in [0.1, 0.15) is 5.82 Å². The number of nitrogens with two attached hydrogens (primary N) is 1. The van der Waals surface area contributed by atoms with Crippen molar-refractivity contribution >= 4 is 40.1 Å². The highest BCUT2D eigenvalue weighted by Crippen LogP contribution is 2.34. The van der Waals surface area contributed by atoms with Crippen molar-refractivity contribution in [1.29, 1.82) is 0 Å². The summed E-state index contributed by atoms with van der Waals surface area (Å²) in [5, 5.41) is 0.746. The van der Waals surface area contributed by atoms with Crippen LogP contribution in [0.2, 0.25) is 5.02 Å². The molecule has 0 aliphatic carbocycles. The van der Waals surface area contributed by atoms with Gasteiger partial charge in [0, 0.05) is 31.2 Å². The van der Waals surface area contributed by atoms with Crippen molar-refractivity contribution < 1.29 is 18.8 Å². The average molecular weight is 484 g/mol. The molecular weight excluding hydrogens is 457 g/mol. The number of benzene rings is 2. The van der Waals surface area contributed by atoms with Crippen molar-refractivity contribution in [3.8, 4) is 0 Å². The third kappa shape index (κ3) is 4.44. The number of likely N-dealkylation sites (tertiary alicyclic amines) is 1. The number of carbonyl (C=O) groups is 3. The van der Waals surface area contributed by atoms with Crippen LogP contribution in [0.3, 0.4) is 0 Å². The van der Waals surface area contributed by atoms with Gasteiger partial charge in [-0.25, -0.2) is 4.39 Å². The summed E-state index contributed by atoms with van der Waals surface area (Å²) in [6.07, 6.45) is 3.15. The van der Waals surface area contributed by atoms with E-state index in [2.05, 4.69) is 6.92 Å². The predicted molar refractivity (Wildman–Crippen MR) is 129 cm³/mol. The van der Waals surface area contributed by atoms with Crippen molar-refractivity contribution in [2.24, 2.45) is 24.6 Å². The molecule has 1 aromatic heterocycles. The third-order valence-corrected chi connectivity index (χ3v) is 7.23. The van der Waals surface area contributed by atoms with Crippen molar-refractivity contribution in [3.05, 3.63) is 70.1 Å². The fourth-order valence-electron chi connectivity index (χ4n) is 4.96. The molecule has 6 nitrogen and oxygen atoms in total. The number of carbonyl (C=O) groups excluding carboxylic acids is 3. The topological polar surface area (TPSA) is 85.4 Å². The Bertz CT molecular complexity index is 1280. The van der Waals surface area contributed by atoms with Gasteiger partial charge in [-0.05, 0) is 61.4 Å². The number of aryl methyl sites for hydroxylation is 1. The van der Waals surface area contributed by atoms with Gasteiger partial charge in [-0.1, -0.05) is 30.7 Å². The molecule has 1 fully saturated rings. The molecule has 1 aliphatic rings. The van der Waals surface area contributed by atoms with Gasteiger partial charge in [-0.15, -0.1) is 0 Å². The van der Waals surface area contributed by atoms with Crippen LogP contribution in [0.4, 0.5) is 4.39 Å². The number of ketones is 1. The number of hydrogen-bond acceptors (Lipinski definition) is 3. The molecule has 1 saturated heterocycles. The molecule has 0 radical (unpaired) electrons. The minimum absolute atomic E-state index is 0.0246. The molecule has 178 valence electrons. The lowest BCUT2D eigenvalue weighted by molar-refractivity contribution is -0.114. The van der Waals surface area contributed by atoms with Gasteiger partial charge in [0.2, 0.25) is 0 Å². The number of rotatable bonds is 5. The Balaban J connectivity index is 1.60. The van der Waals surface area contributed by atoms with Crippen molar-refractivity contribution in [3.63, 3.8) is 0 Å². The molecule has 3 aromatic rings.